The molecule has 28 heavy (non-hydrogen) atoms. The Balaban J connectivity index is 1.70. The van der Waals surface area contributed by atoms with Crippen molar-refractivity contribution in [1.29, 1.82) is 0 Å². The SMILES string of the molecule is O=C(c1csc([N+](=O)[O-])c1)N1CCN(S(=O)(=O)c2cccc([N+](=O)[O-])c2)CC1. The minimum atomic E-state index is -3.94. The Bertz CT molecular complexity index is 1040. The first-order chi connectivity index (χ1) is 13.2. The van der Waals surface area contributed by atoms with Crippen molar-refractivity contribution in [3.63, 3.8) is 0 Å². The zero-order valence-corrected chi connectivity index (χ0v) is 15.9. The van der Waals surface area contributed by atoms with Crippen LogP contribution in [0.4, 0.5) is 10.7 Å². The summed E-state index contributed by atoms with van der Waals surface area (Å²) in [6.45, 7) is 0.249. The monoisotopic (exact) mass is 426 g/mol. The highest BCUT2D eigenvalue weighted by Gasteiger charge is 2.31. The van der Waals surface area contributed by atoms with E-state index in [-0.39, 0.29) is 47.3 Å². The highest BCUT2D eigenvalue weighted by atomic mass is 32.2. The van der Waals surface area contributed by atoms with Crippen LogP contribution in [0.3, 0.4) is 0 Å². The molecule has 0 bridgehead atoms. The van der Waals surface area contributed by atoms with Crippen molar-refractivity contribution in [1.82, 2.24) is 9.21 Å². The average Bonchev–Trinajstić information content (AvgIpc) is 3.18. The minimum absolute atomic E-state index is 0.0169. The van der Waals surface area contributed by atoms with E-state index in [1.54, 1.807) is 0 Å². The van der Waals surface area contributed by atoms with Crippen LogP contribution in [0.25, 0.3) is 0 Å². The number of benzene rings is 1. The summed E-state index contributed by atoms with van der Waals surface area (Å²) in [7, 11) is -3.94. The maximum absolute atomic E-state index is 12.7. The summed E-state index contributed by atoms with van der Waals surface area (Å²) in [5.74, 6) is -0.406. The maximum Gasteiger partial charge on any atom is 0.324 e. The van der Waals surface area contributed by atoms with Crippen LogP contribution in [0.1, 0.15) is 10.4 Å². The summed E-state index contributed by atoms with van der Waals surface area (Å²) in [4.78, 5) is 34.0. The second kappa shape index (κ2) is 7.61. The number of non-ortho nitro benzene ring substituents is 1. The van der Waals surface area contributed by atoms with Crippen molar-refractivity contribution in [3.8, 4) is 0 Å². The molecule has 3 rings (SSSR count). The fourth-order valence-electron chi connectivity index (χ4n) is 2.75. The van der Waals surface area contributed by atoms with Gasteiger partial charge >= 0.3 is 5.00 Å². The highest BCUT2D eigenvalue weighted by molar-refractivity contribution is 7.89. The molecule has 11 nitrogen and oxygen atoms in total. The Hall–Kier alpha value is -2.90. The molecule has 0 N–H and O–H groups in total. The lowest BCUT2D eigenvalue weighted by Gasteiger charge is -2.33. The minimum Gasteiger partial charge on any atom is -0.336 e. The molecule has 13 heteroatoms. The summed E-state index contributed by atoms with van der Waals surface area (Å²) in [6.07, 6.45) is 0. The predicted octanol–water partition coefficient (Wildman–Crippen LogP) is 1.71. The molecule has 1 saturated heterocycles. The molecule has 1 aliphatic heterocycles. The number of rotatable bonds is 5. The van der Waals surface area contributed by atoms with Crippen molar-refractivity contribution in [3.05, 3.63) is 61.5 Å². The summed E-state index contributed by atoms with van der Waals surface area (Å²) >= 11 is 0.848. The summed E-state index contributed by atoms with van der Waals surface area (Å²) in [6, 6.07) is 5.98. The Morgan fingerprint density at radius 3 is 2.29 bits per heavy atom. The standard InChI is InChI=1S/C15H14N4O7S2/c20-15(11-8-14(19(23)24)27-10-11)16-4-6-17(7-5-16)28(25,26)13-3-1-2-12(9-13)18(21)22/h1-3,8-10H,4-7H2. The van der Waals surface area contributed by atoms with Gasteiger partial charge in [0, 0.05) is 49.8 Å². The van der Waals surface area contributed by atoms with E-state index in [2.05, 4.69) is 0 Å². The Morgan fingerprint density at radius 1 is 1.04 bits per heavy atom. The predicted molar refractivity (Wildman–Crippen MR) is 98.7 cm³/mol. The summed E-state index contributed by atoms with van der Waals surface area (Å²) in [5.41, 5.74) is -0.138. The second-order valence-corrected chi connectivity index (χ2v) is 8.71. The zero-order chi connectivity index (χ0) is 20.5. The normalized spacial score (nSPS) is 15.4. The third kappa shape index (κ3) is 3.85. The maximum atomic E-state index is 12.7. The summed E-state index contributed by atoms with van der Waals surface area (Å²) < 4.78 is 26.6. The molecule has 1 aliphatic rings. The van der Waals surface area contributed by atoms with Crippen LogP contribution in [-0.2, 0) is 10.0 Å². The topological polar surface area (TPSA) is 144 Å². The van der Waals surface area contributed by atoms with Crippen LogP contribution >= 0.6 is 11.3 Å². The number of hydrogen-bond donors (Lipinski definition) is 0. The zero-order valence-electron chi connectivity index (χ0n) is 14.3. The lowest BCUT2D eigenvalue weighted by Crippen LogP contribution is -2.50. The van der Waals surface area contributed by atoms with Crippen LogP contribution in [0, 0.1) is 20.2 Å². The quantitative estimate of drug-likeness (QED) is 0.523. The Labute approximate surface area is 163 Å². The Kier molecular flexibility index (Phi) is 5.40. The number of hydrogen-bond acceptors (Lipinski definition) is 8. The number of sulfonamides is 1. The fraction of sp³-hybridized carbons (Fsp3) is 0.267. The first-order valence-corrected chi connectivity index (χ1v) is 10.3. The van der Waals surface area contributed by atoms with Crippen LogP contribution < -0.4 is 0 Å². The van der Waals surface area contributed by atoms with Gasteiger partial charge in [0.2, 0.25) is 10.0 Å². The van der Waals surface area contributed by atoms with Gasteiger partial charge in [-0.25, -0.2) is 8.42 Å². The fourth-order valence-corrected chi connectivity index (χ4v) is 4.91. The number of nitrogens with zero attached hydrogens (tertiary/aromatic N) is 4. The van der Waals surface area contributed by atoms with Crippen molar-refractivity contribution in [2.75, 3.05) is 26.2 Å². The lowest BCUT2D eigenvalue weighted by molar-refractivity contribution is -0.385. The molecule has 2 aromatic rings. The Morgan fingerprint density at radius 2 is 1.71 bits per heavy atom. The van der Waals surface area contributed by atoms with Gasteiger partial charge in [0.25, 0.3) is 11.6 Å². The molecule has 1 aromatic heterocycles. The number of thiophene rings is 1. The van der Waals surface area contributed by atoms with E-state index in [1.165, 1.54) is 34.5 Å². The van der Waals surface area contributed by atoms with Crippen LogP contribution in [0.15, 0.2) is 40.6 Å². The molecule has 148 valence electrons. The van der Waals surface area contributed by atoms with Gasteiger partial charge in [-0.15, -0.1) is 0 Å². The molecule has 0 aliphatic carbocycles. The molecule has 0 spiro atoms. The molecule has 1 fully saturated rings. The van der Waals surface area contributed by atoms with Crippen molar-refractivity contribution >= 4 is 38.0 Å². The molecule has 2 heterocycles. The number of piperazine rings is 1. The average molecular weight is 426 g/mol. The first-order valence-electron chi connectivity index (χ1n) is 7.97. The molecule has 1 amide bonds. The molecule has 0 saturated carbocycles. The third-order valence-corrected chi connectivity index (χ3v) is 6.98. The number of amides is 1. The van der Waals surface area contributed by atoms with Crippen molar-refractivity contribution in [2.24, 2.45) is 0 Å². The van der Waals surface area contributed by atoms with E-state index in [4.69, 9.17) is 0 Å². The van der Waals surface area contributed by atoms with Gasteiger partial charge in [-0.05, 0) is 6.07 Å². The molecule has 0 unspecified atom stereocenters. The van der Waals surface area contributed by atoms with E-state index in [0.717, 1.165) is 21.7 Å². The van der Waals surface area contributed by atoms with E-state index in [0.29, 0.717) is 0 Å². The van der Waals surface area contributed by atoms with Gasteiger partial charge in [-0.2, -0.15) is 4.31 Å². The van der Waals surface area contributed by atoms with Gasteiger partial charge < -0.3 is 4.90 Å². The smallest absolute Gasteiger partial charge is 0.324 e. The van der Waals surface area contributed by atoms with E-state index >= 15 is 0 Å². The van der Waals surface area contributed by atoms with Crippen molar-refractivity contribution in [2.45, 2.75) is 4.90 Å². The molecular weight excluding hydrogens is 412 g/mol. The molecule has 1 aromatic carbocycles. The second-order valence-electron chi connectivity index (χ2n) is 5.88. The molecule has 0 atom stereocenters. The molecule has 0 radical (unpaired) electrons. The van der Waals surface area contributed by atoms with Crippen molar-refractivity contribution < 1.29 is 23.1 Å². The third-order valence-electron chi connectivity index (χ3n) is 4.20. The summed E-state index contributed by atoms with van der Waals surface area (Å²) in [5, 5.41) is 22.9. The van der Waals surface area contributed by atoms with Gasteiger partial charge in [0.05, 0.1) is 20.3 Å². The van der Waals surface area contributed by atoms with Crippen LogP contribution in [-0.4, -0.2) is 59.6 Å². The van der Waals surface area contributed by atoms with Gasteiger partial charge in [0.15, 0.2) is 0 Å². The lowest BCUT2D eigenvalue weighted by atomic mass is 10.2. The number of carbonyl (C=O) groups is 1. The van der Waals surface area contributed by atoms with Gasteiger partial charge in [0.1, 0.15) is 0 Å². The molecular formula is C15H14N4O7S2. The van der Waals surface area contributed by atoms with E-state index < -0.39 is 25.8 Å². The van der Waals surface area contributed by atoms with Crippen LogP contribution in [0.5, 0.6) is 0 Å². The number of nitro groups is 2. The van der Waals surface area contributed by atoms with E-state index in [1.807, 2.05) is 0 Å². The van der Waals surface area contributed by atoms with Gasteiger partial charge in [-0.1, -0.05) is 17.4 Å². The van der Waals surface area contributed by atoms with E-state index in [9.17, 15) is 33.4 Å². The highest BCUT2D eigenvalue weighted by Crippen LogP contribution is 2.25. The van der Waals surface area contributed by atoms with Gasteiger partial charge in [-0.3, -0.25) is 25.0 Å². The van der Waals surface area contributed by atoms with Crippen LogP contribution in [0.2, 0.25) is 0 Å². The first kappa shape index (κ1) is 19.9. The number of carbonyl (C=O) groups excluding carboxylic acids is 1. The largest absolute Gasteiger partial charge is 0.336 e. The number of nitro benzene ring substituents is 1.